The Labute approximate surface area is 307 Å². The summed E-state index contributed by atoms with van der Waals surface area (Å²) >= 11 is 0. The van der Waals surface area contributed by atoms with Gasteiger partial charge in [-0.15, -0.1) is 8.97 Å². The molecule has 0 aromatic heterocycles. The van der Waals surface area contributed by atoms with Crippen LogP contribution in [-0.2, 0) is 33.6 Å². The molecule has 0 aromatic rings. The number of hydrogen-bond acceptors (Lipinski definition) is 8. The van der Waals surface area contributed by atoms with Crippen LogP contribution < -0.4 is 10.6 Å². The van der Waals surface area contributed by atoms with Crippen LogP contribution in [0, 0.1) is 5.92 Å². The summed E-state index contributed by atoms with van der Waals surface area (Å²) in [6.45, 7) is 5.02. The minimum absolute atomic E-state index is 0.0101. The molecule has 4 unspecified atom stereocenters. The average molecular weight is 757 g/mol. The average Bonchev–Trinajstić information content (AvgIpc) is 3.68. The van der Waals surface area contributed by atoms with Crippen LogP contribution in [0.25, 0.3) is 0 Å². The van der Waals surface area contributed by atoms with Gasteiger partial charge < -0.3 is 36.2 Å². The Kier molecular flexibility index (Phi) is 12.9. The highest BCUT2D eigenvalue weighted by atomic mass is 16.4. The number of carboxylic acid groups (broad SMARTS) is 5. The second-order valence-electron chi connectivity index (χ2n) is 15.7. The summed E-state index contributed by atoms with van der Waals surface area (Å²) < 4.78 is 1.51. The second-order valence-corrected chi connectivity index (χ2v) is 15.7. The molecule has 0 aliphatic carbocycles. The first kappa shape index (κ1) is 41.6. The van der Waals surface area contributed by atoms with Crippen molar-refractivity contribution in [3.05, 3.63) is 0 Å². The van der Waals surface area contributed by atoms with E-state index >= 15 is 0 Å². The van der Waals surface area contributed by atoms with E-state index in [2.05, 4.69) is 17.7 Å². The van der Waals surface area contributed by atoms with Crippen molar-refractivity contribution in [2.75, 3.05) is 85.6 Å². The minimum atomic E-state index is -1.40. The Balaban J connectivity index is 1.27. The van der Waals surface area contributed by atoms with Gasteiger partial charge in [-0.1, -0.05) is 12.8 Å². The highest BCUT2D eigenvalue weighted by molar-refractivity contribution is 5.86. The number of Topliss-reactive ketones (excluding diaryl/α,β-unsaturated/α-hetero) is 2. The van der Waals surface area contributed by atoms with E-state index in [1.54, 1.807) is 0 Å². The predicted molar refractivity (Wildman–Crippen MR) is 181 cm³/mol. The number of carbonyl (C=O) groups excluding carboxylic acids is 3. The van der Waals surface area contributed by atoms with E-state index in [0.717, 1.165) is 13.1 Å². The van der Waals surface area contributed by atoms with E-state index in [1.165, 1.54) is 0 Å². The van der Waals surface area contributed by atoms with Crippen molar-refractivity contribution in [1.82, 2.24) is 10.6 Å². The van der Waals surface area contributed by atoms with Crippen LogP contribution >= 0.6 is 0 Å². The first-order valence-electron chi connectivity index (χ1n) is 18.5. The van der Waals surface area contributed by atoms with E-state index < -0.39 is 59.5 Å². The molecule has 4 aliphatic heterocycles. The quantitative estimate of drug-likeness (QED) is 0.0475. The van der Waals surface area contributed by atoms with Crippen molar-refractivity contribution in [2.45, 2.75) is 76.2 Å². The second kappa shape index (κ2) is 16.4. The molecule has 2 amide bonds. The normalized spacial score (nSPS) is 30.5. The number of nitrogens with one attached hydrogen (secondary N) is 2. The molecule has 296 valence electrons. The number of aliphatic carboxylic acids is 5. The number of likely N-dealkylation sites (N-methyl/N-ethyl adjacent to an activating group) is 1. The molecule has 0 bridgehead atoms. The molecule has 19 nitrogen and oxygen atoms in total. The monoisotopic (exact) mass is 756 g/mol. The number of nitrogens with zero attached hydrogens (tertiary/aromatic N) is 4. The molecule has 53 heavy (non-hydrogen) atoms. The van der Waals surface area contributed by atoms with Gasteiger partial charge in [0.25, 0.3) is 0 Å². The van der Waals surface area contributed by atoms with Crippen LogP contribution in [-0.4, -0.2) is 188 Å². The van der Waals surface area contributed by atoms with Crippen LogP contribution in [0.3, 0.4) is 0 Å². The van der Waals surface area contributed by atoms with E-state index in [-0.39, 0.29) is 85.9 Å². The molecular formula is C34H56N6O13+4. The van der Waals surface area contributed by atoms with Crippen molar-refractivity contribution < 1.29 is 81.8 Å². The Morgan fingerprint density at radius 2 is 1.13 bits per heavy atom. The fraction of sp³-hybridized carbons (Fsp3) is 0.765. The van der Waals surface area contributed by atoms with Gasteiger partial charge in [0.1, 0.15) is 64.2 Å². The van der Waals surface area contributed by atoms with Crippen molar-refractivity contribution in [3.8, 4) is 0 Å². The van der Waals surface area contributed by atoms with Gasteiger partial charge in [-0.25, -0.2) is 19.2 Å². The van der Waals surface area contributed by atoms with E-state index in [0.29, 0.717) is 67.5 Å². The Morgan fingerprint density at radius 1 is 0.585 bits per heavy atom. The molecule has 1 spiro atoms. The zero-order valence-electron chi connectivity index (χ0n) is 30.5. The number of carboxylic acids is 5. The van der Waals surface area contributed by atoms with Gasteiger partial charge in [-0.2, -0.15) is 8.97 Å². The SMILES string of the molecule is C[N+]12CC[N+]3(CC(=O)O)CC[N+]4(CC(=O)O)CC[N+](CC(=O)CCCCC[C@H](CC(=O)CC[C@H](NC(=O)NCCCC(=O)O)C(=O)O)C(=O)O)(CC1)[C@@]234. The maximum atomic E-state index is 13.7. The summed E-state index contributed by atoms with van der Waals surface area (Å²) in [7, 11) is 2.11. The minimum Gasteiger partial charge on any atom is -0.481 e. The van der Waals surface area contributed by atoms with Crippen molar-refractivity contribution >= 4 is 47.4 Å². The maximum Gasteiger partial charge on any atom is 0.482 e. The first-order chi connectivity index (χ1) is 24.9. The number of hydrogen-bond donors (Lipinski definition) is 7. The van der Waals surface area contributed by atoms with Crippen LogP contribution in [0.1, 0.15) is 64.2 Å². The number of urea groups is 1. The summed E-state index contributed by atoms with van der Waals surface area (Å²) in [6.07, 6.45) is 1.03. The third-order valence-electron chi connectivity index (χ3n) is 12.4. The standard InChI is InChI=1S/C34H52N6O13/c1-37-12-14-38(16-17-40(23-30(47)48)19-18-39(15-13-37,22-29(45)46)34(37,38)40)21-26(42)7-4-2-3-6-24(31(49)50)20-25(41)9-10-27(32(51)52)36-33(53)35-11-5-8-28(43)44/h24,27H,2-23H2,1H3,(H3-4,35,36,43,44,45,46,47,48,49,50,51,52,53)/p+4/t24-,27+,34+,37?,38?,39?,40?/m1/s1. The highest BCUT2D eigenvalue weighted by Crippen LogP contribution is 2.61. The molecule has 7 N–H and O–H groups in total. The molecule has 4 heterocycles. The lowest BCUT2D eigenvalue weighted by Crippen LogP contribution is -2.85. The number of amides is 2. The Bertz CT molecular complexity index is 1470. The van der Waals surface area contributed by atoms with Crippen molar-refractivity contribution in [3.63, 3.8) is 0 Å². The van der Waals surface area contributed by atoms with Crippen LogP contribution in [0.4, 0.5) is 4.79 Å². The zero-order valence-corrected chi connectivity index (χ0v) is 30.5. The Hall–Kier alpha value is -4.20. The molecule has 19 heteroatoms. The lowest BCUT2D eigenvalue weighted by molar-refractivity contribution is -1.36. The largest absolute Gasteiger partial charge is 0.482 e. The summed E-state index contributed by atoms with van der Waals surface area (Å²) in [6, 6.07) is -2.23. The number of ketones is 2. The molecule has 0 radical (unpaired) electrons. The molecule has 0 saturated carbocycles. The fourth-order valence-corrected chi connectivity index (χ4v) is 10.6. The maximum absolute atomic E-state index is 13.7. The summed E-state index contributed by atoms with van der Waals surface area (Å²) in [5.74, 6) is -7.67. The number of carbonyl (C=O) groups is 8. The van der Waals surface area contributed by atoms with Gasteiger partial charge in [-0.05, 0) is 25.7 Å². The predicted octanol–water partition coefficient (Wildman–Crippen LogP) is -0.705. The molecule has 4 rings (SSSR count). The first-order valence-corrected chi connectivity index (χ1v) is 18.5. The number of rotatable bonds is 24. The van der Waals surface area contributed by atoms with Gasteiger partial charge in [0, 0.05) is 32.2 Å². The van der Waals surface area contributed by atoms with E-state index in [9.17, 15) is 58.8 Å². The smallest absolute Gasteiger partial charge is 0.481 e. The number of quaternary nitrogens is 4. The highest BCUT2D eigenvalue weighted by Gasteiger charge is 2.98. The molecule has 4 saturated heterocycles. The molecule has 4 aliphatic rings. The van der Waals surface area contributed by atoms with Crippen LogP contribution in [0.15, 0.2) is 0 Å². The fourth-order valence-electron chi connectivity index (χ4n) is 10.6. The van der Waals surface area contributed by atoms with Crippen LogP contribution in [0.2, 0.25) is 0 Å². The van der Waals surface area contributed by atoms with Crippen LogP contribution in [0.5, 0.6) is 0 Å². The zero-order chi connectivity index (χ0) is 39.2. The summed E-state index contributed by atoms with van der Waals surface area (Å²) in [4.78, 5) is 97.0. The van der Waals surface area contributed by atoms with Gasteiger partial charge in [0.15, 0.2) is 25.4 Å². The van der Waals surface area contributed by atoms with Crippen molar-refractivity contribution in [1.29, 1.82) is 0 Å². The molecular weight excluding hydrogens is 700 g/mol. The summed E-state index contributed by atoms with van der Waals surface area (Å²) in [5, 5.41) is 52.5. The topological polar surface area (TPSA) is 262 Å². The van der Waals surface area contributed by atoms with Crippen molar-refractivity contribution in [2.24, 2.45) is 5.92 Å². The van der Waals surface area contributed by atoms with Gasteiger partial charge in [-0.3, -0.25) is 19.2 Å². The van der Waals surface area contributed by atoms with E-state index in [1.807, 2.05) is 0 Å². The number of unbranched alkanes of at least 4 members (excludes halogenated alkanes) is 2. The third-order valence-corrected chi connectivity index (χ3v) is 12.4. The van der Waals surface area contributed by atoms with E-state index in [4.69, 9.17) is 5.11 Å². The lowest BCUT2D eigenvalue weighted by atomic mass is 9.93. The lowest BCUT2D eigenvalue weighted by Gasteiger charge is -2.49. The van der Waals surface area contributed by atoms with Gasteiger partial charge >= 0.3 is 41.8 Å². The molecule has 7 atom stereocenters. The van der Waals surface area contributed by atoms with Gasteiger partial charge in [0.2, 0.25) is 0 Å². The third kappa shape index (κ3) is 8.17. The molecule has 4 fully saturated rings. The summed E-state index contributed by atoms with van der Waals surface area (Å²) in [5.41, 5.74) is 0. The molecule has 0 aromatic carbocycles. The Morgan fingerprint density at radius 3 is 1.64 bits per heavy atom. The van der Waals surface area contributed by atoms with Gasteiger partial charge in [0.05, 0.1) is 13.0 Å².